The van der Waals surface area contributed by atoms with E-state index in [2.05, 4.69) is 199 Å². The molecular formula is C62H39N5S. The van der Waals surface area contributed by atoms with E-state index in [9.17, 15) is 0 Å². The van der Waals surface area contributed by atoms with Crippen molar-refractivity contribution < 1.29 is 0 Å². The number of thiophene rings is 1. The van der Waals surface area contributed by atoms with E-state index in [1.54, 1.807) is 0 Å². The molecule has 0 saturated heterocycles. The van der Waals surface area contributed by atoms with Gasteiger partial charge in [0.2, 0.25) is 0 Å². The Hall–Kier alpha value is -8.84. The summed E-state index contributed by atoms with van der Waals surface area (Å²) in [6.45, 7) is 0. The molecule has 0 aliphatic heterocycles. The van der Waals surface area contributed by atoms with Gasteiger partial charge < -0.3 is 4.57 Å². The van der Waals surface area contributed by atoms with Crippen LogP contribution in [0.1, 0.15) is 0 Å². The van der Waals surface area contributed by atoms with Crippen molar-refractivity contribution in [3.8, 4) is 84.5 Å². The smallest absolute Gasteiger partial charge is 0.164 e. The highest BCUT2D eigenvalue weighted by molar-refractivity contribution is 7.26. The van der Waals surface area contributed by atoms with Crippen molar-refractivity contribution in [3.63, 3.8) is 0 Å². The quantitative estimate of drug-likeness (QED) is 0.153. The molecule has 6 heteroatoms. The maximum absolute atomic E-state index is 5.28. The predicted molar refractivity (Wildman–Crippen MR) is 283 cm³/mol. The second-order valence-electron chi connectivity index (χ2n) is 17.0. The molecule has 0 aliphatic carbocycles. The molecule has 318 valence electrons. The fourth-order valence-electron chi connectivity index (χ4n) is 9.70. The lowest BCUT2D eigenvalue weighted by Gasteiger charge is -2.15. The van der Waals surface area contributed by atoms with Gasteiger partial charge in [-0.25, -0.2) is 15.0 Å². The highest BCUT2D eigenvalue weighted by Crippen LogP contribution is 2.45. The van der Waals surface area contributed by atoms with Gasteiger partial charge in [-0.05, 0) is 70.3 Å². The summed E-state index contributed by atoms with van der Waals surface area (Å²) >= 11 is 1.85. The predicted octanol–water partition coefficient (Wildman–Crippen LogP) is 16.4. The fraction of sp³-hybridized carbons (Fsp3) is 0. The minimum absolute atomic E-state index is 0.576. The van der Waals surface area contributed by atoms with E-state index < -0.39 is 0 Å². The molecule has 13 rings (SSSR count). The van der Waals surface area contributed by atoms with Crippen LogP contribution in [0.25, 0.3) is 126 Å². The molecule has 0 unspecified atom stereocenters. The molecule has 4 heterocycles. The van der Waals surface area contributed by atoms with Gasteiger partial charge >= 0.3 is 0 Å². The van der Waals surface area contributed by atoms with E-state index in [0.29, 0.717) is 17.5 Å². The zero-order valence-corrected chi connectivity index (χ0v) is 37.5. The maximum atomic E-state index is 5.28. The fourth-order valence-corrected chi connectivity index (χ4v) is 11.0. The van der Waals surface area contributed by atoms with E-state index in [1.807, 2.05) is 53.9 Å². The van der Waals surface area contributed by atoms with Crippen LogP contribution in [0.4, 0.5) is 0 Å². The van der Waals surface area contributed by atoms with Gasteiger partial charge in [0.1, 0.15) is 0 Å². The van der Waals surface area contributed by atoms with E-state index in [1.165, 1.54) is 42.0 Å². The molecule has 0 N–H and O–H groups in total. The molecule has 4 aromatic heterocycles. The van der Waals surface area contributed by atoms with Crippen LogP contribution in [-0.4, -0.2) is 24.5 Å². The van der Waals surface area contributed by atoms with Crippen molar-refractivity contribution in [2.75, 3.05) is 0 Å². The molecule has 0 atom stereocenters. The molecular weight excluding hydrogens is 847 g/mol. The Morgan fingerprint density at radius 3 is 1.57 bits per heavy atom. The monoisotopic (exact) mass is 885 g/mol. The Kier molecular flexibility index (Phi) is 9.62. The molecule has 0 saturated carbocycles. The third-order valence-electron chi connectivity index (χ3n) is 12.9. The Bertz CT molecular complexity index is 3940. The highest BCUT2D eigenvalue weighted by atomic mass is 32.1. The number of rotatable bonds is 8. The third kappa shape index (κ3) is 6.86. The van der Waals surface area contributed by atoms with E-state index >= 15 is 0 Å². The van der Waals surface area contributed by atoms with Gasteiger partial charge in [0.15, 0.2) is 17.5 Å². The van der Waals surface area contributed by atoms with Crippen molar-refractivity contribution in [1.82, 2.24) is 24.5 Å². The minimum atomic E-state index is 0.576. The van der Waals surface area contributed by atoms with Crippen LogP contribution in [0.15, 0.2) is 237 Å². The summed E-state index contributed by atoms with van der Waals surface area (Å²) in [6, 6.07) is 81.1. The molecule has 0 bridgehead atoms. The standard InChI is InChI=1S/C62H39N5S/c1-6-18-40(19-7-1)47-32-31-45(36-51(47)41-20-8-2-9-21-41)54-38-52(62-65-60(42-22-10-3-11-23-42)64-61(66-62)43-24-12-4-13-25-43)53(39-63-54)44-30-33-48-49-34-35-56-58(59(49)68-57(48)37-44)50-28-16-17-29-55(50)67(56)46-26-14-5-15-27-46/h1-39H. The van der Waals surface area contributed by atoms with Gasteiger partial charge in [0.05, 0.1) is 16.7 Å². The van der Waals surface area contributed by atoms with Crippen LogP contribution in [0.3, 0.4) is 0 Å². The summed E-state index contributed by atoms with van der Waals surface area (Å²) in [7, 11) is 0. The number of para-hydroxylation sites is 2. The first kappa shape index (κ1) is 39.5. The Balaban J connectivity index is 1.03. The first-order chi connectivity index (χ1) is 33.7. The van der Waals surface area contributed by atoms with Gasteiger partial charge in [-0.1, -0.05) is 188 Å². The number of nitrogens with zero attached hydrogens (tertiary/aromatic N) is 5. The molecule has 0 fully saturated rings. The number of fused-ring (bicyclic) bond motifs is 7. The van der Waals surface area contributed by atoms with E-state index in [0.717, 1.165) is 67.0 Å². The number of hydrogen-bond acceptors (Lipinski definition) is 5. The van der Waals surface area contributed by atoms with Crippen LogP contribution in [0.2, 0.25) is 0 Å². The summed E-state index contributed by atoms with van der Waals surface area (Å²) in [4.78, 5) is 20.9. The topological polar surface area (TPSA) is 56.5 Å². The maximum Gasteiger partial charge on any atom is 0.164 e. The Morgan fingerprint density at radius 1 is 0.338 bits per heavy atom. The summed E-state index contributed by atoms with van der Waals surface area (Å²) in [6.07, 6.45) is 2.01. The SMILES string of the molecule is c1ccc(-c2nc(-c3ccccc3)nc(-c3cc(-c4ccc(-c5ccccc5)c(-c5ccccc5)c4)ncc3-c3ccc4c(c3)sc3c4ccc4c3c3ccccc3n4-c3ccccc3)n2)cc1. The number of pyridine rings is 1. The van der Waals surface area contributed by atoms with Crippen LogP contribution in [-0.2, 0) is 0 Å². The summed E-state index contributed by atoms with van der Waals surface area (Å²) < 4.78 is 4.87. The van der Waals surface area contributed by atoms with Crippen LogP contribution in [0.5, 0.6) is 0 Å². The second kappa shape index (κ2) is 16.5. The van der Waals surface area contributed by atoms with E-state index in [4.69, 9.17) is 19.9 Å². The molecule has 0 radical (unpaired) electrons. The lowest BCUT2D eigenvalue weighted by Crippen LogP contribution is -2.02. The van der Waals surface area contributed by atoms with Crippen molar-refractivity contribution in [3.05, 3.63) is 237 Å². The molecule has 0 aliphatic rings. The molecule has 13 aromatic rings. The first-order valence-electron chi connectivity index (χ1n) is 22.8. The molecule has 0 amide bonds. The van der Waals surface area contributed by atoms with Crippen molar-refractivity contribution in [2.24, 2.45) is 0 Å². The Labute approximate surface area is 397 Å². The Morgan fingerprint density at radius 2 is 0.897 bits per heavy atom. The lowest BCUT2D eigenvalue weighted by molar-refractivity contribution is 1.07. The van der Waals surface area contributed by atoms with E-state index in [-0.39, 0.29) is 0 Å². The normalized spacial score (nSPS) is 11.5. The first-order valence-corrected chi connectivity index (χ1v) is 23.6. The second-order valence-corrected chi connectivity index (χ2v) is 18.0. The molecule has 0 spiro atoms. The molecule has 5 nitrogen and oxygen atoms in total. The summed E-state index contributed by atoms with van der Waals surface area (Å²) in [5.41, 5.74) is 14.6. The van der Waals surface area contributed by atoms with Gasteiger partial charge in [-0.3, -0.25) is 4.98 Å². The van der Waals surface area contributed by atoms with Gasteiger partial charge in [0.25, 0.3) is 0 Å². The molecule has 68 heavy (non-hydrogen) atoms. The summed E-state index contributed by atoms with van der Waals surface area (Å²) in [5.74, 6) is 1.79. The number of aromatic nitrogens is 5. The van der Waals surface area contributed by atoms with Crippen molar-refractivity contribution >= 4 is 53.3 Å². The average molecular weight is 886 g/mol. The highest BCUT2D eigenvalue weighted by Gasteiger charge is 2.21. The number of benzene rings is 9. The van der Waals surface area contributed by atoms with Crippen LogP contribution in [0, 0.1) is 0 Å². The van der Waals surface area contributed by atoms with Gasteiger partial charge in [-0.15, -0.1) is 11.3 Å². The van der Waals surface area contributed by atoms with Crippen LogP contribution >= 0.6 is 11.3 Å². The molecule has 9 aromatic carbocycles. The van der Waals surface area contributed by atoms with Gasteiger partial charge in [-0.2, -0.15) is 0 Å². The third-order valence-corrected chi connectivity index (χ3v) is 14.1. The zero-order valence-electron chi connectivity index (χ0n) is 36.7. The van der Waals surface area contributed by atoms with Gasteiger partial charge in [0, 0.05) is 70.6 Å². The van der Waals surface area contributed by atoms with Crippen LogP contribution < -0.4 is 0 Å². The zero-order chi connectivity index (χ0) is 45.0. The van der Waals surface area contributed by atoms with Crippen molar-refractivity contribution in [1.29, 1.82) is 0 Å². The average Bonchev–Trinajstić information content (AvgIpc) is 3.97. The largest absolute Gasteiger partial charge is 0.309 e. The van der Waals surface area contributed by atoms with Crippen molar-refractivity contribution in [2.45, 2.75) is 0 Å². The minimum Gasteiger partial charge on any atom is -0.309 e. The number of hydrogen-bond donors (Lipinski definition) is 0. The summed E-state index contributed by atoms with van der Waals surface area (Å²) in [5, 5.41) is 5.00. The lowest BCUT2D eigenvalue weighted by atomic mass is 9.91.